The number of fused-ring (bicyclic) bond motifs is 3. The Labute approximate surface area is 263 Å². The van der Waals surface area contributed by atoms with Gasteiger partial charge in [-0.15, -0.1) is 0 Å². The highest BCUT2D eigenvalue weighted by Gasteiger charge is 2.58. The van der Waals surface area contributed by atoms with Gasteiger partial charge < -0.3 is 43.4 Å². The van der Waals surface area contributed by atoms with Crippen LogP contribution in [0, 0.1) is 0 Å². The van der Waals surface area contributed by atoms with E-state index in [4.69, 9.17) is 33.2 Å². The molecule has 3 aromatic rings. The van der Waals surface area contributed by atoms with Gasteiger partial charge in [-0.25, -0.2) is 0 Å². The lowest BCUT2D eigenvalue weighted by Crippen LogP contribution is -2.64. The van der Waals surface area contributed by atoms with Gasteiger partial charge in [0, 0.05) is 20.9 Å². The Morgan fingerprint density at radius 3 is 2.09 bits per heavy atom. The molecule has 4 fully saturated rings. The molecule has 45 heavy (non-hydrogen) atoms. The molecule has 0 bridgehead atoms. The summed E-state index contributed by atoms with van der Waals surface area (Å²) in [4.78, 5) is 3.81. The standard InChI is InChI=1S/C32H33N3O9S/c33-35-34-23-24(37)25(21(16-36)40-32(23)45-20-14-8-3-9-15-20)41-31-28-27(43-30(44-28)19-12-6-2-7-13-19)26-22(39-31)17-38-29(42-26)18-10-4-1-5-11-18/h1-15,21-32,36-37H,16-17H2/t21-,22-,23-,24-,25-,26-,27+,28+,29-,30?,31+,32+/m1/s1. The quantitative estimate of drug-likeness (QED) is 0.209. The van der Waals surface area contributed by atoms with Gasteiger partial charge in [-0.05, 0) is 17.7 Å². The van der Waals surface area contributed by atoms with Crippen molar-refractivity contribution in [3.8, 4) is 0 Å². The number of benzene rings is 3. The van der Waals surface area contributed by atoms with E-state index in [2.05, 4.69) is 10.0 Å². The number of hydrogen-bond donors (Lipinski definition) is 2. The maximum atomic E-state index is 11.5. The molecule has 0 saturated carbocycles. The van der Waals surface area contributed by atoms with E-state index < -0.39 is 79.7 Å². The molecule has 4 aliphatic heterocycles. The second kappa shape index (κ2) is 13.8. The van der Waals surface area contributed by atoms with E-state index in [9.17, 15) is 15.7 Å². The molecule has 1 unspecified atom stereocenters. The molecule has 7 rings (SSSR count). The summed E-state index contributed by atoms with van der Waals surface area (Å²) < 4.78 is 44.3. The van der Waals surface area contributed by atoms with E-state index in [1.807, 2.05) is 91.0 Å². The summed E-state index contributed by atoms with van der Waals surface area (Å²) in [6, 6.07) is 27.5. The molecule has 12 nitrogen and oxygen atoms in total. The zero-order valence-corrected chi connectivity index (χ0v) is 24.8. The molecule has 4 aliphatic rings. The predicted molar refractivity (Wildman–Crippen MR) is 159 cm³/mol. The molecule has 2 N–H and O–H groups in total. The van der Waals surface area contributed by atoms with E-state index >= 15 is 0 Å². The van der Waals surface area contributed by atoms with Crippen LogP contribution in [-0.4, -0.2) is 83.9 Å². The largest absolute Gasteiger partial charge is 0.394 e. The summed E-state index contributed by atoms with van der Waals surface area (Å²) in [5, 5.41) is 25.7. The summed E-state index contributed by atoms with van der Waals surface area (Å²) >= 11 is 1.29. The van der Waals surface area contributed by atoms with E-state index in [1.54, 1.807) is 0 Å². The highest BCUT2D eigenvalue weighted by Crippen LogP contribution is 2.45. The van der Waals surface area contributed by atoms with Crippen LogP contribution in [0.3, 0.4) is 0 Å². The van der Waals surface area contributed by atoms with Crippen molar-refractivity contribution < 1.29 is 43.4 Å². The number of azide groups is 1. The molecule has 12 atom stereocenters. The van der Waals surface area contributed by atoms with E-state index in [-0.39, 0.29) is 6.61 Å². The topological polar surface area (TPSA) is 154 Å². The minimum atomic E-state index is -1.33. The Balaban J connectivity index is 1.14. The van der Waals surface area contributed by atoms with E-state index in [0.717, 1.165) is 16.0 Å². The van der Waals surface area contributed by atoms with Crippen LogP contribution >= 0.6 is 11.8 Å². The molecule has 4 saturated heterocycles. The SMILES string of the molecule is [N-]=[N+]=N[C@@H]1[C@@H](O)[C@H](O[C@@H]2O[C@@H]3CO[C@@H](c4ccccc4)O[C@H]3[C@@H]3OC(c4ccccc4)O[C@H]23)[C@@H](CO)O[C@H]1Sc1ccccc1. The minimum absolute atomic E-state index is 0.191. The number of rotatable bonds is 8. The molecule has 0 aromatic heterocycles. The highest BCUT2D eigenvalue weighted by atomic mass is 32.2. The van der Waals surface area contributed by atoms with E-state index in [1.165, 1.54) is 11.8 Å². The van der Waals surface area contributed by atoms with Gasteiger partial charge in [0.15, 0.2) is 18.9 Å². The third kappa shape index (κ3) is 6.35. The van der Waals surface area contributed by atoms with Crippen molar-refractivity contribution in [2.24, 2.45) is 5.11 Å². The predicted octanol–water partition coefficient (Wildman–Crippen LogP) is 4.24. The van der Waals surface area contributed by atoms with Crippen molar-refractivity contribution in [1.29, 1.82) is 0 Å². The Morgan fingerprint density at radius 2 is 1.42 bits per heavy atom. The molecule has 0 amide bonds. The van der Waals surface area contributed by atoms with Crippen LogP contribution in [0.5, 0.6) is 0 Å². The van der Waals surface area contributed by atoms with Crippen molar-refractivity contribution in [3.63, 3.8) is 0 Å². The summed E-state index contributed by atoms with van der Waals surface area (Å²) in [7, 11) is 0. The van der Waals surface area contributed by atoms with Gasteiger partial charge in [-0.1, -0.05) is 95.7 Å². The van der Waals surface area contributed by atoms with Crippen LogP contribution in [0.2, 0.25) is 0 Å². The molecule has 0 radical (unpaired) electrons. The van der Waals surface area contributed by atoms with Crippen molar-refractivity contribution in [2.75, 3.05) is 13.2 Å². The highest BCUT2D eigenvalue weighted by molar-refractivity contribution is 7.99. The van der Waals surface area contributed by atoms with Crippen molar-refractivity contribution in [1.82, 2.24) is 0 Å². The van der Waals surface area contributed by atoms with Gasteiger partial charge in [0.2, 0.25) is 0 Å². The summed E-state index contributed by atoms with van der Waals surface area (Å²) in [6.07, 6.45) is -8.34. The average Bonchev–Trinajstić information content (AvgIpc) is 3.55. The van der Waals surface area contributed by atoms with Gasteiger partial charge in [-0.3, -0.25) is 0 Å². The van der Waals surface area contributed by atoms with Gasteiger partial charge >= 0.3 is 0 Å². The van der Waals surface area contributed by atoms with Gasteiger partial charge in [0.1, 0.15) is 48.1 Å². The van der Waals surface area contributed by atoms with Gasteiger partial charge in [0.25, 0.3) is 0 Å². The number of nitrogens with zero attached hydrogens (tertiary/aromatic N) is 3. The average molecular weight is 636 g/mol. The maximum Gasteiger partial charge on any atom is 0.187 e. The zero-order valence-electron chi connectivity index (χ0n) is 24.0. The van der Waals surface area contributed by atoms with Gasteiger partial charge in [-0.2, -0.15) is 0 Å². The number of aliphatic hydroxyl groups is 2. The smallest absolute Gasteiger partial charge is 0.187 e. The van der Waals surface area contributed by atoms with Crippen LogP contribution in [0.1, 0.15) is 23.7 Å². The Kier molecular flexibility index (Phi) is 9.35. The van der Waals surface area contributed by atoms with E-state index in [0.29, 0.717) is 0 Å². The number of hydrogen-bond acceptors (Lipinski definition) is 11. The Morgan fingerprint density at radius 1 is 0.800 bits per heavy atom. The Bertz CT molecular complexity index is 1450. The molecule has 4 heterocycles. The first-order valence-electron chi connectivity index (χ1n) is 14.8. The first kappa shape index (κ1) is 30.6. The fraction of sp³-hybridized carbons (Fsp3) is 0.438. The second-order valence-corrected chi connectivity index (χ2v) is 12.3. The molecule has 0 spiro atoms. The zero-order chi connectivity index (χ0) is 30.8. The number of thioether (sulfide) groups is 1. The molecule has 236 valence electrons. The second-order valence-electron chi connectivity index (χ2n) is 11.1. The third-order valence-corrected chi connectivity index (χ3v) is 9.45. The number of aliphatic hydroxyl groups excluding tert-OH is 2. The molecular formula is C32H33N3O9S. The first-order valence-corrected chi connectivity index (χ1v) is 15.7. The monoisotopic (exact) mass is 635 g/mol. The molecule has 13 heteroatoms. The minimum Gasteiger partial charge on any atom is -0.394 e. The van der Waals surface area contributed by atoms with Gasteiger partial charge in [0.05, 0.1) is 19.3 Å². The third-order valence-electron chi connectivity index (χ3n) is 8.28. The van der Waals surface area contributed by atoms with Crippen LogP contribution in [0.25, 0.3) is 10.4 Å². The summed E-state index contributed by atoms with van der Waals surface area (Å²) in [6.45, 7) is -0.268. The lowest BCUT2D eigenvalue weighted by Gasteiger charge is -2.48. The fourth-order valence-corrected chi connectivity index (χ4v) is 7.24. The van der Waals surface area contributed by atoms with Crippen molar-refractivity contribution in [3.05, 3.63) is 113 Å². The van der Waals surface area contributed by atoms with Crippen LogP contribution in [-0.2, 0) is 33.2 Å². The van der Waals surface area contributed by atoms with Crippen molar-refractivity contribution >= 4 is 11.8 Å². The maximum absolute atomic E-state index is 11.5. The fourth-order valence-electron chi connectivity index (χ4n) is 6.11. The lowest BCUT2D eigenvalue weighted by atomic mass is 9.96. The van der Waals surface area contributed by atoms with Crippen LogP contribution in [0.4, 0.5) is 0 Å². The summed E-state index contributed by atoms with van der Waals surface area (Å²) in [5.41, 5.74) is 10.3. The molecule has 3 aromatic carbocycles. The van der Waals surface area contributed by atoms with Crippen LogP contribution < -0.4 is 0 Å². The lowest BCUT2D eigenvalue weighted by molar-refractivity contribution is -0.362. The number of ether oxygens (including phenoxy) is 7. The Hall–Kier alpha value is -3.04. The normalized spacial score (nSPS) is 37.6. The summed E-state index contributed by atoms with van der Waals surface area (Å²) in [5.74, 6) is 0. The first-order chi connectivity index (χ1) is 22.1. The molecular weight excluding hydrogens is 602 g/mol. The van der Waals surface area contributed by atoms with Crippen LogP contribution in [0.15, 0.2) is 101 Å². The van der Waals surface area contributed by atoms with Crippen molar-refractivity contribution in [2.45, 2.75) is 78.0 Å². The molecule has 0 aliphatic carbocycles.